The van der Waals surface area contributed by atoms with Crippen LogP contribution in [0.3, 0.4) is 0 Å². The lowest BCUT2D eigenvalue weighted by Crippen LogP contribution is -2.40. The van der Waals surface area contributed by atoms with E-state index in [9.17, 15) is 13.9 Å². The Morgan fingerprint density at radius 2 is 2.23 bits per heavy atom. The van der Waals surface area contributed by atoms with E-state index in [4.69, 9.17) is 4.74 Å². The van der Waals surface area contributed by atoms with Crippen LogP contribution in [0, 0.1) is 11.6 Å². The molecule has 3 rings (SSSR count). The van der Waals surface area contributed by atoms with E-state index in [1.807, 2.05) is 22.4 Å². The van der Waals surface area contributed by atoms with Gasteiger partial charge in [0.2, 0.25) is 0 Å². The molecule has 2 heterocycles. The molecule has 3 nitrogen and oxygen atoms in total. The number of hydrogen-bond acceptors (Lipinski definition) is 4. The lowest BCUT2D eigenvalue weighted by atomic mass is 10.1. The molecule has 2 aromatic rings. The quantitative estimate of drug-likeness (QED) is 0.937. The van der Waals surface area contributed by atoms with Crippen LogP contribution in [0.5, 0.6) is 0 Å². The van der Waals surface area contributed by atoms with Gasteiger partial charge in [0.25, 0.3) is 0 Å². The number of halogens is 2. The summed E-state index contributed by atoms with van der Waals surface area (Å²) in [6, 6.07) is 7.13. The molecule has 1 aromatic heterocycles. The van der Waals surface area contributed by atoms with E-state index in [0.29, 0.717) is 19.7 Å². The molecule has 1 fully saturated rings. The summed E-state index contributed by atoms with van der Waals surface area (Å²) >= 11 is 1.63. The van der Waals surface area contributed by atoms with E-state index in [-0.39, 0.29) is 18.2 Å². The Morgan fingerprint density at radius 3 is 3.00 bits per heavy atom. The van der Waals surface area contributed by atoms with E-state index in [0.717, 1.165) is 23.1 Å². The molecule has 1 aromatic carbocycles. The fraction of sp³-hybridized carbons (Fsp3) is 0.375. The lowest BCUT2D eigenvalue weighted by Gasteiger charge is -2.33. The van der Waals surface area contributed by atoms with Crippen molar-refractivity contribution in [2.45, 2.75) is 12.2 Å². The van der Waals surface area contributed by atoms with Crippen molar-refractivity contribution in [1.29, 1.82) is 0 Å². The van der Waals surface area contributed by atoms with Gasteiger partial charge in [-0.15, -0.1) is 11.3 Å². The first kappa shape index (κ1) is 15.6. The fourth-order valence-corrected chi connectivity index (χ4v) is 3.39. The van der Waals surface area contributed by atoms with Gasteiger partial charge in [-0.05, 0) is 29.6 Å². The molecule has 1 aliphatic heterocycles. The molecule has 0 radical (unpaired) electrons. The smallest absolute Gasteiger partial charge is 0.129 e. The molecule has 0 aliphatic carbocycles. The largest absolute Gasteiger partial charge is 0.387 e. The van der Waals surface area contributed by atoms with Crippen LogP contribution in [0.25, 0.3) is 0 Å². The first-order valence-electron chi connectivity index (χ1n) is 7.14. The zero-order valence-electron chi connectivity index (χ0n) is 11.9. The SMILES string of the molecule is OC(CN1CCOC(c2cccs2)C1)c1cc(F)ccc1F. The first-order valence-corrected chi connectivity index (χ1v) is 8.02. The van der Waals surface area contributed by atoms with Crippen LogP contribution in [0.15, 0.2) is 35.7 Å². The molecule has 1 N–H and O–H groups in total. The summed E-state index contributed by atoms with van der Waals surface area (Å²) in [7, 11) is 0. The number of ether oxygens (including phenoxy) is 1. The predicted molar refractivity (Wildman–Crippen MR) is 80.8 cm³/mol. The fourth-order valence-electron chi connectivity index (χ4n) is 2.63. The van der Waals surface area contributed by atoms with Gasteiger partial charge in [0.05, 0.1) is 12.7 Å². The van der Waals surface area contributed by atoms with Crippen LogP contribution < -0.4 is 0 Å². The minimum Gasteiger partial charge on any atom is -0.387 e. The van der Waals surface area contributed by atoms with E-state index >= 15 is 0 Å². The second kappa shape index (κ2) is 6.83. The Balaban J connectivity index is 1.66. The highest BCUT2D eigenvalue weighted by molar-refractivity contribution is 7.10. The van der Waals surface area contributed by atoms with Crippen molar-refractivity contribution in [3.8, 4) is 0 Å². The van der Waals surface area contributed by atoms with Gasteiger partial charge in [-0.3, -0.25) is 4.90 Å². The highest BCUT2D eigenvalue weighted by atomic mass is 32.1. The van der Waals surface area contributed by atoms with E-state index in [2.05, 4.69) is 0 Å². The van der Waals surface area contributed by atoms with Gasteiger partial charge in [0.1, 0.15) is 17.7 Å². The van der Waals surface area contributed by atoms with Crippen molar-refractivity contribution in [1.82, 2.24) is 4.90 Å². The molecule has 2 unspecified atom stereocenters. The molecule has 6 heteroatoms. The number of aliphatic hydroxyl groups excluding tert-OH is 1. The van der Waals surface area contributed by atoms with Crippen LogP contribution in [-0.2, 0) is 4.74 Å². The predicted octanol–water partition coefficient (Wildman–Crippen LogP) is 3.13. The number of benzene rings is 1. The number of β-amino-alcohol motifs (C(OH)–C–C–N with tert-alkyl or cyclic N) is 1. The maximum atomic E-state index is 13.7. The second-order valence-electron chi connectivity index (χ2n) is 5.32. The first-order chi connectivity index (χ1) is 10.6. The van der Waals surface area contributed by atoms with Gasteiger partial charge < -0.3 is 9.84 Å². The zero-order valence-corrected chi connectivity index (χ0v) is 12.7. The molecule has 118 valence electrons. The van der Waals surface area contributed by atoms with Gasteiger partial charge >= 0.3 is 0 Å². The lowest BCUT2D eigenvalue weighted by molar-refractivity contribution is -0.0411. The Hall–Kier alpha value is -1.34. The van der Waals surface area contributed by atoms with Crippen LogP contribution in [-0.4, -0.2) is 36.2 Å². The van der Waals surface area contributed by atoms with Gasteiger partial charge in [-0.1, -0.05) is 6.07 Å². The topological polar surface area (TPSA) is 32.7 Å². The van der Waals surface area contributed by atoms with Gasteiger partial charge in [-0.25, -0.2) is 8.78 Å². The molecule has 2 atom stereocenters. The molecular weight excluding hydrogens is 308 g/mol. The van der Waals surface area contributed by atoms with Gasteiger partial charge in [0.15, 0.2) is 0 Å². The monoisotopic (exact) mass is 325 g/mol. The van der Waals surface area contributed by atoms with Gasteiger partial charge in [-0.2, -0.15) is 0 Å². The molecule has 1 aliphatic rings. The summed E-state index contributed by atoms with van der Waals surface area (Å²) in [5, 5.41) is 12.2. The maximum absolute atomic E-state index is 13.7. The van der Waals surface area contributed by atoms with E-state index in [1.165, 1.54) is 0 Å². The summed E-state index contributed by atoms with van der Waals surface area (Å²) in [4.78, 5) is 3.15. The standard InChI is InChI=1S/C16H17F2NO2S/c17-11-3-4-13(18)12(8-11)14(20)9-19-5-6-21-15(10-19)16-2-1-7-22-16/h1-4,7-8,14-15,20H,5-6,9-10H2. The minimum atomic E-state index is -1.06. The number of rotatable bonds is 4. The summed E-state index contributed by atoms with van der Waals surface area (Å²) in [5.74, 6) is -1.13. The number of thiophene rings is 1. The van der Waals surface area contributed by atoms with Crippen molar-refractivity contribution >= 4 is 11.3 Å². The highest BCUT2D eigenvalue weighted by Gasteiger charge is 2.25. The zero-order chi connectivity index (χ0) is 15.5. The van der Waals surface area contributed by atoms with Crippen LogP contribution >= 0.6 is 11.3 Å². The van der Waals surface area contributed by atoms with Crippen molar-refractivity contribution in [2.24, 2.45) is 0 Å². The molecule has 0 bridgehead atoms. The Bertz CT molecular complexity index is 621. The summed E-state index contributed by atoms with van der Waals surface area (Å²) in [6.45, 7) is 2.11. The van der Waals surface area contributed by atoms with Crippen molar-refractivity contribution in [3.05, 3.63) is 57.8 Å². The molecule has 0 amide bonds. The average molecular weight is 325 g/mol. The maximum Gasteiger partial charge on any atom is 0.129 e. The summed E-state index contributed by atoms with van der Waals surface area (Å²) in [6.07, 6.45) is -1.09. The molecule has 0 saturated carbocycles. The molecular formula is C16H17F2NO2S. The van der Waals surface area contributed by atoms with Crippen LogP contribution in [0.4, 0.5) is 8.78 Å². The van der Waals surface area contributed by atoms with Crippen molar-refractivity contribution < 1.29 is 18.6 Å². The Morgan fingerprint density at radius 1 is 1.36 bits per heavy atom. The number of morpholine rings is 1. The normalized spacial score (nSPS) is 21.0. The third-order valence-electron chi connectivity index (χ3n) is 3.76. The molecule has 1 saturated heterocycles. The third-order valence-corrected chi connectivity index (χ3v) is 4.72. The highest BCUT2D eigenvalue weighted by Crippen LogP contribution is 2.27. The average Bonchev–Trinajstić information content (AvgIpc) is 3.04. The van der Waals surface area contributed by atoms with Gasteiger partial charge in [0, 0.05) is 30.1 Å². The molecule has 22 heavy (non-hydrogen) atoms. The number of hydrogen-bond donors (Lipinski definition) is 1. The minimum absolute atomic E-state index is 0.000773. The van der Waals surface area contributed by atoms with Crippen molar-refractivity contribution in [3.63, 3.8) is 0 Å². The number of aliphatic hydroxyl groups is 1. The van der Waals surface area contributed by atoms with Crippen LogP contribution in [0.1, 0.15) is 22.6 Å². The Kier molecular flexibility index (Phi) is 4.83. The van der Waals surface area contributed by atoms with Crippen molar-refractivity contribution in [2.75, 3.05) is 26.2 Å². The third kappa shape index (κ3) is 3.52. The number of nitrogens with zero attached hydrogens (tertiary/aromatic N) is 1. The summed E-state index contributed by atoms with van der Waals surface area (Å²) in [5.41, 5.74) is -0.000773. The second-order valence-corrected chi connectivity index (χ2v) is 6.30. The summed E-state index contributed by atoms with van der Waals surface area (Å²) < 4.78 is 32.7. The van der Waals surface area contributed by atoms with E-state index < -0.39 is 17.7 Å². The van der Waals surface area contributed by atoms with Crippen LogP contribution in [0.2, 0.25) is 0 Å². The van der Waals surface area contributed by atoms with E-state index in [1.54, 1.807) is 11.3 Å². The molecule has 0 spiro atoms. The Labute approximate surface area is 131 Å².